The summed E-state index contributed by atoms with van der Waals surface area (Å²) in [5, 5.41) is 2.35. The van der Waals surface area contributed by atoms with Crippen LogP contribution in [0, 0.1) is 11.3 Å². The molecule has 1 aliphatic rings. The molecule has 0 aliphatic carbocycles. The SMILES string of the molecule is CC[C@@]1(CCC(C)C)C(=O)NC(=O)N(c2ccccc2)C1=O. The Morgan fingerprint density at radius 3 is 2.32 bits per heavy atom. The first-order valence-corrected chi connectivity index (χ1v) is 7.67. The van der Waals surface area contributed by atoms with Gasteiger partial charge in [-0.05, 0) is 37.3 Å². The average molecular weight is 302 g/mol. The quantitative estimate of drug-likeness (QED) is 0.850. The van der Waals surface area contributed by atoms with Crippen LogP contribution in [-0.4, -0.2) is 17.8 Å². The number of carbonyl (C=O) groups is 3. The Bertz CT molecular complexity index is 583. The zero-order valence-electron chi connectivity index (χ0n) is 13.3. The molecule has 5 nitrogen and oxygen atoms in total. The van der Waals surface area contributed by atoms with Gasteiger partial charge in [-0.1, -0.05) is 39.0 Å². The van der Waals surface area contributed by atoms with E-state index >= 15 is 0 Å². The lowest BCUT2D eigenvalue weighted by atomic mass is 9.75. The first kappa shape index (κ1) is 16.2. The van der Waals surface area contributed by atoms with E-state index in [1.54, 1.807) is 24.3 Å². The second-order valence-corrected chi connectivity index (χ2v) is 6.10. The van der Waals surface area contributed by atoms with E-state index in [1.807, 2.05) is 13.0 Å². The zero-order valence-corrected chi connectivity index (χ0v) is 13.3. The molecule has 0 saturated carbocycles. The van der Waals surface area contributed by atoms with Crippen molar-refractivity contribution in [2.24, 2.45) is 11.3 Å². The first-order valence-electron chi connectivity index (χ1n) is 7.67. The van der Waals surface area contributed by atoms with Crippen LogP contribution < -0.4 is 10.2 Å². The smallest absolute Gasteiger partial charge is 0.276 e. The van der Waals surface area contributed by atoms with Crippen molar-refractivity contribution in [2.45, 2.75) is 40.0 Å². The largest absolute Gasteiger partial charge is 0.335 e. The number of hydrogen-bond donors (Lipinski definition) is 1. The molecular weight excluding hydrogens is 280 g/mol. The fourth-order valence-electron chi connectivity index (χ4n) is 2.73. The number of para-hydroxylation sites is 1. The van der Waals surface area contributed by atoms with Crippen molar-refractivity contribution in [3.8, 4) is 0 Å². The molecule has 1 N–H and O–H groups in total. The Morgan fingerprint density at radius 1 is 1.14 bits per heavy atom. The van der Waals surface area contributed by atoms with Gasteiger partial charge in [0.05, 0.1) is 5.69 Å². The standard InChI is InChI=1S/C17H22N2O3/c1-4-17(11-10-12(2)3)14(20)18-16(22)19(15(17)21)13-8-6-5-7-9-13/h5-9,12H,4,10-11H2,1-3H3,(H,18,20,22)/t17-/m1/s1. The fraction of sp³-hybridized carbons (Fsp3) is 0.471. The molecule has 4 amide bonds. The molecule has 1 saturated heterocycles. The minimum Gasteiger partial charge on any atom is -0.276 e. The highest BCUT2D eigenvalue weighted by Gasteiger charge is 2.52. The Balaban J connectivity index is 2.40. The van der Waals surface area contributed by atoms with Crippen molar-refractivity contribution >= 4 is 23.5 Å². The molecule has 5 heteroatoms. The van der Waals surface area contributed by atoms with Crippen molar-refractivity contribution in [1.82, 2.24) is 5.32 Å². The van der Waals surface area contributed by atoms with Gasteiger partial charge in [0.15, 0.2) is 0 Å². The van der Waals surface area contributed by atoms with Crippen LogP contribution in [-0.2, 0) is 9.59 Å². The second-order valence-electron chi connectivity index (χ2n) is 6.10. The van der Waals surface area contributed by atoms with E-state index in [1.165, 1.54) is 0 Å². The highest BCUT2D eigenvalue weighted by molar-refractivity contribution is 6.29. The summed E-state index contributed by atoms with van der Waals surface area (Å²) in [5.41, 5.74) is -0.673. The highest BCUT2D eigenvalue weighted by atomic mass is 16.2. The number of hydrogen-bond acceptors (Lipinski definition) is 3. The molecule has 0 spiro atoms. The fourth-order valence-corrected chi connectivity index (χ4v) is 2.73. The van der Waals surface area contributed by atoms with Gasteiger partial charge in [-0.2, -0.15) is 0 Å². The zero-order chi connectivity index (χ0) is 16.3. The lowest BCUT2D eigenvalue weighted by Crippen LogP contribution is -2.64. The minimum absolute atomic E-state index is 0.376. The van der Waals surface area contributed by atoms with Gasteiger partial charge < -0.3 is 0 Å². The maximum Gasteiger partial charge on any atom is 0.335 e. The summed E-state index contributed by atoms with van der Waals surface area (Å²) in [6.45, 7) is 5.92. The summed E-state index contributed by atoms with van der Waals surface area (Å²) in [6, 6.07) is 8.04. The Morgan fingerprint density at radius 2 is 1.77 bits per heavy atom. The predicted molar refractivity (Wildman–Crippen MR) is 84.3 cm³/mol. The molecule has 0 unspecified atom stereocenters. The molecule has 1 aliphatic heterocycles. The van der Waals surface area contributed by atoms with Crippen LogP contribution >= 0.6 is 0 Å². The van der Waals surface area contributed by atoms with Gasteiger partial charge in [0, 0.05) is 0 Å². The van der Waals surface area contributed by atoms with E-state index in [4.69, 9.17) is 0 Å². The molecule has 1 aromatic carbocycles. The minimum atomic E-state index is -1.16. The van der Waals surface area contributed by atoms with Crippen LogP contribution in [0.25, 0.3) is 0 Å². The van der Waals surface area contributed by atoms with E-state index in [9.17, 15) is 14.4 Å². The number of carbonyl (C=O) groups excluding carboxylic acids is 3. The first-order chi connectivity index (χ1) is 10.4. The molecule has 2 rings (SSSR count). The van der Waals surface area contributed by atoms with E-state index in [0.29, 0.717) is 24.4 Å². The average Bonchev–Trinajstić information content (AvgIpc) is 2.48. The number of amides is 4. The third kappa shape index (κ3) is 2.75. The number of barbiturate groups is 1. The number of anilines is 1. The van der Waals surface area contributed by atoms with Crippen molar-refractivity contribution in [1.29, 1.82) is 0 Å². The molecule has 1 aromatic rings. The van der Waals surface area contributed by atoms with Gasteiger partial charge in [0.25, 0.3) is 5.91 Å². The maximum absolute atomic E-state index is 13.0. The molecule has 118 valence electrons. The highest BCUT2D eigenvalue weighted by Crippen LogP contribution is 2.36. The molecule has 1 heterocycles. The van der Waals surface area contributed by atoms with Gasteiger partial charge in [-0.25, -0.2) is 9.69 Å². The number of urea groups is 1. The third-order valence-corrected chi connectivity index (χ3v) is 4.24. The van der Waals surface area contributed by atoms with E-state index in [0.717, 1.165) is 11.3 Å². The Hall–Kier alpha value is -2.17. The maximum atomic E-state index is 13.0. The normalized spacial score (nSPS) is 22.2. The van der Waals surface area contributed by atoms with Crippen LogP contribution in [0.5, 0.6) is 0 Å². The van der Waals surface area contributed by atoms with Crippen LogP contribution in [0.3, 0.4) is 0 Å². The summed E-state index contributed by atoms with van der Waals surface area (Å²) >= 11 is 0. The van der Waals surface area contributed by atoms with Crippen LogP contribution in [0.4, 0.5) is 10.5 Å². The molecule has 0 radical (unpaired) electrons. The van der Waals surface area contributed by atoms with Crippen molar-refractivity contribution in [3.05, 3.63) is 30.3 Å². The van der Waals surface area contributed by atoms with E-state index in [-0.39, 0.29) is 0 Å². The van der Waals surface area contributed by atoms with Gasteiger partial charge in [0.1, 0.15) is 5.41 Å². The van der Waals surface area contributed by atoms with Crippen molar-refractivity contribution in [3.63, 3.8) is 0 Å². The lowest BCUT2D eigenvalue weighted by Gasteiger charge is -2.39. The van der Waals surface area contributed by atoms with Crippen LogP contribution in [0.2, 0.25) is 0 Å². The number of rotatable bonds is 5. The summed E-state index contributed by atoms with van der Waals surface area (Å²) in [5.74, 6) is -0.514. The van der Waals surface area contributed by atoms with Crippen LogP contribution in [0.1, 0.15) is 40.0 Å². The van der Waals surface area contributed by atoms with E-state index < -0.39 is 23.3 Å². The molecule has 22 heavy (non-hydrogen) atoms. The molecular formula is C17H22N2O3. The summed E-state index contributed by atoms with van der Waals surface area (Å²) in [4.78, 5) is 38.6. The number of benzene rings is 1. The molecule has 1 atom stereocenters. The topological polar surface area (TPSA) is 66.5 Å². The monoisotopic (exact) mass is 302 g/mol. The predicted octanol–water partition coefficient (Wildman–Crippen LogP) is 3.10. The summed E-state index contributed by atoms with van der Waals surface area (Å²) in [7, 11) is 0. The third-order valence-electron chi connectivity index (χ3n) is 4.24. The molecule has 0 bridgehead atoms. The van der Waals surface area contributed by atoms with Gasteiger partial charge in [0.2, 0.25) is 5.91 Å². The van der Waals surface area contributed by atoms with Gasteiger partial charge >= 0.3 is 6.03 Å². The molecule has 0 aromatic heterocycles. The number of nitrogens with zero attached hydrogens (tertiary/aromatic N) is 1. The van der Waals surface area contributed by atoms with Crippen molar-refractivity contribution in [2.75, 3.05) is 4.90 Å². The van der Waals surface area contributed by atoms with Gasteiger partial charge in [-0.3, -0.25) is 14.9 Å². The van der Waals surface area contributed by atoms with Gasteiger partial charge in [-0.15, -0.1) is 0 Å². The Kier molecular flexibility index (Phi) is 4.64. The second kappa shape index (κ2) is 6.30. The molecule has 1 fully saturated rings. The number of nitrogens with one attached hydrogen (secondary N) is 1. The number of imide groups is 2. The van der Waals surface area contributed by atoms with E-state index in [2.05, 4.69) is 19.2 Å². The lowest BCUT2D eigenvalue weighted by molar-refractivity contribution is -0.143. The van der Waals surface area contributed by atoms with Crippen molar-refractivity contribution < 1.29 is 14.4 Å². The Labute approximate surface area is 130 Å². The summed E-state index contributed by atoms with van der Waals surface area (Å²) in [6.07, 6.45) is 1.58. The van der Waals surface area contributed by atoms with Crippen LogP contribution in [0.15, 0.2) is 30.3 Å². The summed E-state index contributed by atoms with van der Waals surface area (Å²) < 4.78 is 0.